The lowest BCUT2D eigenvalue weighted by molar-refractivity contribution is -0.147. The van der Waals surface area contributed by atoms with Gasteiger partial charge in [0.2, 0.25) is 0 Å². The third kappa shape index (κ3) is 2.05. The molecule has 0 aromatic heterocycles. The van der Waals surface area contributed by atoms with Crippen LogP contribution in [0.25, 0.3) is 0 Å². The molecule has 2 rings (SSSR count). The fourth-order valence-corrected chi connectivity index (χ4v) is 1.95. The van der Waals surface area contributed by atoms with E-state index in [2.05, 4.69) is 0 Å². The molecular formula is C12H9NO6. The molecule has 0 unspecified atom stereocenters. The summed E-state index contributed by atoms with van der Waals surface area (Å²) >= 11 is 0. The number of hydrogen-bond donors (Lipinski definition) is 2. The number of fused-ring (bicyclic) bond motifs is 1. The molecule has 0 bridgehead atoms. The van der Waals surface area contributed by atoms with Crippen molar-refractivity contribution in [2.75, 3.05) is 0 Å². The van der Waals surface area contributed by atoms with Crippen LogP contribution in [0, 0.1) is 0 Å². The lowest BCUT2D eigenvalue weighted by Gasteiger charge is -2.20. The molecule has 2 N–H and O–H groups in total. The highest BCUT2D eigenvalue weighted by atomic mass is 16.4. The fraction of sp³-hybridized carbons (Fsp3) is 0.167. The molecule has 7 heteroatoms. The zero-order valence-electron chi connectivity index (χ0n) is 9.57. The monoisotopic (exact) mass is 263 g/mol. The van der Waals surface area contributed by atoms with Crippen LogP contribution in [0.1, 0.15) is 27.1 Å². The molecule has 0 aliphatic carbocycles. The maximum absolute atomic E-state index is 12.0. The summed E-state index contributed by atoms with van der Waals surface area (Å²) in [5.41, 5.74) is 0.174. The van der Waals surface area contributed by atoms with Crippen LogP contribution in [0.4, 0.5) is 0 Å². The minimum atomic E-state index is -1.70. The van der Waals surface area contributed by atoms with Crippen LogP contribution in [0.15, 0.2) is 24.3 Å². The third-order valence-electron chi connectivity index (χ3n) is 2.79. The van der Waals surface area contributed by atoms with Gasteiger partial charge < -0.3 is 10.2 Å². The number of amides is 2. The summed E-state index contributed by atoms with van der Waals surface area (Å²) in [6.45, 7) is 0. The summed E-state index contributed by atoms with van der Waals surface area (Å²) in [5, 5.41) is 17.7. The summed E-state index contributed by atoms with van der Waals surface area (Å²) in [5.74, 6) is -4.50. The molecule has 0 radical (unpaired) electrons. The van der Waals surface area contributed by atoms with Gasteiger partial charge in [0.25, 0.3) is 11.8 Å². The number of rotatable bonds is 4. The number of carbonyl (C=O) groups is 4. The van der Waals surface area contributed by atoms with Gasteiger partial charge in [-0.25, -0.2) is 4.79 Å². The molecule has 1 aliphatic heterocycles. The van der Waals surface area contributed by atoms with Crippen molar-refractivity contribution in [2.45, 2.75) is 12.5 Å². The van der Waals surface area contributed by atoms with Crippen LogP contribution in [-0.4, -0.2) is 44.9 Å². The average molecular weight is 263 g/mol. The molecule has 1 aromatic carbocycles. The Balaban J connectivity index is 2.42. The van der Waals surface area contributed by atoms with Crippen molar-refractivity contribution in [2.24, 2.45) is 0 Å². The van der Waals surface area contributed by atoms with E-state index < -0.39 is 36.2 Å². The molecule has 2 amide bonds. The van der Waals surface area contributed by atoms with Crippen molar-refractivity contribution >= 4 is 23.8 Å². The lowest BCUT2D eigenvalue weighted by atomic mass is 10.1. The van der Waals surface area contributed by atoms with Crippen molar-refractivity contribution in [3.8, 4) is 0 Å². The summed E-state index contributed by atoms with van der Waals surface area (Å²) in [6.07, 6.45) is -0.833. The standard InChI is InChI=1S/C12H9NO6/c14-9(15)5-8(12(18)19)13-10(16)6-3-1-2-4-7(6)11(13)17/h1-4,8H,5H2,(H,14,15)(H,18,19)/t8-/m1/s1. The Morgan fingerprint density at radius 1 is 1.05 bits per heavy atom. The Morgan fingerprint density at radius 3 is 1.89 bits per heavy atom. The second kappa shape index (κ2) is 4.52. The molecule has 0 fully saturated rings. The molecule has 1 heterocycles. The highest BCUT2D eigenvalue weighted by molar-refractivity contribution is 6.22. The van der Waals surface area contributed by atoms with Gasteiger partial charge in [0.05, 0.1) is 17.5 Å². The van der Waals surface area contributed by atoms with E-state index in [-0.39, 0.29) is 11.1 Å². The van der Waals surface area contributed by atoms with E-state index in [0.717, 1.165) is 0 Å². The summed E-state index contributed by atoms with van der Waals surface area (Å²) in [4.78, 5) is 46.2. The van der Waals surface area contributed by atoms with Crippen molar-refractivity contribution < 1.29 is 29.4 Å². The first-order chi connectivity index (χ1) is 8.93. The molecule has 7 nitrogen and oxygen atoms in total. The topological polar surface area (TPSA) is 112 Å². The van der Waals surface area contributed by atoms with Gasteiger partial charge in [-0.3, -0.25) is 19.3 Å². The van der Waals surface area contributed by atoms with Gasteiger partial charge in [-0.15, -0.1) is 0 Å². The molecular weight excluding hydrogens is 254 g/mol. The smallest absolute Gasteiger partial charge is 0.327 e. The molecule has 0 saturated carbocycles. The highest BCUT2D eigenvalue weighted by Gasteiger charge is 2.43. The van der Waals surface area contributed by atoms with Crippen LogP contribution >= 0.6 is 0 Å². The number of imide groups is 1. The van der Waals surface area contributed by atoms with E-state index in [1.54, 1.807) is 12.1 Å². The molecule has 19 heavy (non-hydrogen) atoms. The molecule has 1 aromatic rings. The lowest BCUT2D eigenvalue weighted by Crippen LogP contribution is -2.46. The quantitative estimate of drug-likeness (QED) is 0.751. The van der Waals surface area contributed by atoms with Crippen LogP contribution in [-0.2, 0) is 9.59 Å². The van der Waals surface area contributed by atoms with Crippen molar-refractivity contribution in [3.63, 3.8) is 0 Å². The maximum atomic E-state index is 12.0. The minimum absolute atomic E-state index is 0.0872. The van der Waals surface area contributed by atoms with Crippen molar-refractivity contribution in [1.82, 2.24) is 4.90 Å². The van der Waals surface area contributed by atoms with Gasteiger partial charge in [-0.05, 0) is 12.1 Å². The van der Waals surface area contributed by atoms with Crippen molar-refractivity contribution in [1.29, 1.82) is 0 Å². The van der Waals surface area contributed by atoms with E-state index in [1.807, 2.05) is 0 Å². The number of hydrogen-bond acceptors (Lipinski definition) is 4. The van der Waals surface area contributed by atoms with Crippen molar-refractivity contribution in [3.05, 3.63) is 35.4 Å². The third-order valence-corrected chi connectivity index (χ3v) is 2.79. The Morgan fingerprint density at radius 2 is 1.53 bits per heavy atom. The zero-order valence-corrected chi connectivity index (χ0v) is 9.57. The highest BCUT2D eigenvalue weighted by Crippen LogP contribution is 2.25. The van der Waals surface area contributed by atoms with Gasteiger partial charge in [0.15, 0.2) is 0 Å². The first kappa shape index (κ1) is 12.7. The summed E-state index contributed by atoms with van der Waals surface area (Å²) < 4.78 is 0. The van der Waals surface area contributed by atoms with Crippen LogP contribution < -0.4 is 0 Å². The maximum Gasteiger partial charge on any atom is 0.327 e. The zero-order chi connectivity index (χ0) is 14.2. The van der Waals surface area contributed by atoms with Crippen LogP contribution in [0.2, 0.25) is 0 Å². The van der Waals surface area contributed by atoms with E-state index in [1.165, 1.54) is 12.1 Å². The van der Waals surface area contributed by atoms with E-state index in [0.29, 0.717) is 4.90 Å². The van der Waals surface area contributed by atoms with E-state index in [9.17, 15) is 19.2 Å². The number of benzene rings is 1. The van der Waals surface area contributed by atoms with Crippen LogP contribution in [0.5, 0.6) is 0 Å². The molecule has 0 spiro atoms. The largest absolute Gasteiger partial charge is 0.481 e. The number of carboxylic acids is 2. The van der Waals surface area contributed by atoms with Gasteiger partial charge >= 0.3 is 11.9 Å². The number of aliphatic carboxylic acids is 2. The van der Waals surface area contributed by atoms with Gasteiger partial charge in [0.1, 0.15) is 6.04 Å². The second-order valence-corrected chi connectivity index (χ2v) is 3.98. The first-order valence-corrected chi connectivity index (χ1v) is 5.35. The second-order valence-electron chi connectivity index (χ2n) is 3.98. The van der Waals surface area contributed by atoms with Gasteiger partial charge in [-0.2, -0.15) is 0 Å². The Labute approximate surface area is 107 Å². The van der Waals surface area contributed by atoms with Gasteiger partial charge in [-0.1, -0.05) is 12.1 Å². The molecule has 0 saturated heterocycles. The Hall–Kier alpha value is -2.70. The Bertz CT molecular complexity index is 559. The molecule has 1 aliphatic rings. The predicted octanol–water partition coefficient (Wildman–Crippen LogP) is 0.210. The summed E-state index contributed by atoms with van der Waals surface area (Å²) in [7, 11) is 0. The normalized spacial score (nSPS) is 15.3. The number of carbonyl (C=O) groups excluding carboxylic acids is 2. The SMILES string of the molecule is O=C(O)C[C@H](C(=O)O)N1C(=O)c2ccccc2C1=O. The van der Waals surface area contributed by atoms with E-state index >= 15 is 0 Å². The van der Waals surface area contributed by atoms with Gasteiger partial charge in [0, 0.05) is 0 Å². The predicted molar refractivity (Wildman–Crippen MR) is 60.6 cm³/mol. The Kier molecular flexibility index (Phi) is 3.04. The molecule has 98 valence electrons. The molecule has 1 atom stereocenters. The number of carboxylic acid groups (broad SMARTS) is 2. The first-order valence-electron chi connectivity index (χ1n) is 5.35. The fourth-order valence-electron chi connectivity index (χ4n) is 1.95. The summed E-state index contributed by atoms with van der Waals surface area (Å²) in [6, 6.07) is 4.18. The average Bonchev–Trinajstić information content (AvgIpc) is 2.60. The minimum Gasteiger partial charge on any atom is -0.481 e. The van der Waals surface area contributed by atoms with E-state index in [4.69, 9.17) is 10.2 Å². The number of nitrogens with zero attached hydrogens (tertiary/aromatic N) is 1. The van der Waals surface area contributed by atoms with Crippen LogP contribution in [0.3, 0.4) is 0 Å².